The molecule has 1 aliphatic rings. The average Bonchev–Trinajstić information content (AvgIpc) is 2.74. The summed E-state index contributed by atoms with van der Waals surface area (Å²) < 4.78 is 10.7. The van der Waals surface area contributed by atoms with Crippen molar-refractivity contribution in [1.82, 2.24) is 15.2 Å². The van der Waals surface area contributed by atoms with E-state index in [-0.39, 0.29) is 0 Å². The van der Waals surface area contributed by atoms with Crippen LogP contribution in [0.2, 0.25) is 0 Å². The number of aromatic nitrogens is 3. The number of nitrogens with one attached hydrogen (secondary N) is 1. The number of nitrogens with zero attached hydrogens (tertiary/aromatic N) is 4. The van der Waals surface area contributed by atoms with Crippen molar-refractivity contribution in [3.05, 3.63) is 54.2 Å². The summed E-state index contributed by atoms with van der Waals surface area (Å²) in [6.07, 6.45) is 3.86. The van der Waals surface area contributed by atoms with Crippen LogP contribution in [0.3, 0.4) is 0 Å². The molecule has 138 valence electrons. The molecule has 0 fully saturated rings. The lowest BCUT2D eigenvalue weighted by Crippen LogP contribution is -2.25. The smallest absolute Gasteiger partial charge is 0.249 e. The van der Waals surface area contributed by atoms with Crippen LogP contribution in [0, 0.1) is 0 Å². The van der Waals surface area contributed by atoms with Crippen LogP contribution < -0.4 is 19.7 Å². The molecule has 0 bridgehead atoms. The Bertz CT molecular complexity index is 947. The molecule has 2 aromatic carbocycles. The van der Waals surface area contributed by atoms with Gasteiger partial charge in [-0.2, -0.15) is 10.1 Å². The average molecular weight is 363 g/mol. The molecular weight excluding hydrogens is 342 g/mol. The summed E-state index contributed by atoms with van der Waals surface area (Å²) in [4.78, 5) is 6.85. The van der Waals surface area contributed by atoms with Crippen molar-refractivity contribution in [3.8, 4) is 11.5 Å². The van der Waals surface area contributed by atoms with Crippen LogP contribution in [0.1, 0.15) is 12.0 Å². The van der Waals surface area contributed by atoms with Crippen molar-refractivity contribution < 1.29 is 9.47 Å². The van der Waals surface area contributed by atoms with Gasteiger partial charge < -0.3 is 19.7 Å². The monoisotopic (exact) mass is 363 g/mol. The number of hydrogen-bond acceptors (Lipinski definition) is 7. The molecule has 1 aliphatic heterocycles. The maximum atomic E-state index is 5.42. The van der Waals surface area contributed by atoms with E-state index >= 15 is 0 Å². The third kappa shape index (κ3) is 3.48. The van der Waals surface area contributed by atoms with E-state index in [0.29, 0.717) is 11.7 Å². The number of hydrogen-bond donors (Lipinski definition) is 1. The Hall–Kier alpha value is -3.35. The first-order chi connectivity index (χ1) is 13.3. The van der Waals surface area contributed by atoms with E-state index in [2.05, 4.69) is 43.6 Å². The van der Waals surface area contributed by atoms with Crippen molar-refractivity contribution in [1.29, 1.82) is 0 Å². The second-order valence-corrected chi connectivity index (χ2v) is 6.21. The number of para-hydroxylation sites is 1. The molecule has 7 heteroatoms. The van der Waals surface area contributed by atoms with E-state index in [9.17, 15) is 0 Å². The Morgan fingerprint density at radius 1 is 1.07 bits per heavy atom. The molecule has 0 saturated heterocycles. The number of anilines is 4. The van der Waals surface area contributed by atoms with Gasteiger partial charge in [0.05, 0.1) is 26.1 Å². The summed E-state index contributed by atoms with van der Waals surface area (Å²) in [5, 5.41) is 11.4. The fourth-order valence-corrected chi connectivity index (χ4v) is 3.27. The van der Waals surface area contributed by atoms with Gasteiger partial charge >= 0.3 is 0 Å². The molecule has 0 amide bonds. The molecular formula is C20H21N5O2. The van der Waals surface area contributed by atoms with Crippen LogP contribution in [0.25, 0.3) is 0 Å². The summed E-state index contributed by atoms with van der Waals surface area (Å²) in [6.45, 7) is 0.904. The van der Waals surface area contributed by atoms with Gasteiger partial charge in [-0.3, -0.25) is 0 Å². The predicted octanol–water partition coefficient (Wildman–Crippen LogP) is 3.72. The Morgan fingerprint density at radius 2 is 1.96 bits per heavy atom. The second-order valence-electron chi connectivity index (χ2n) is 6.21. The Kier molecular flexibility index (Phi) is 4.74. The highest BCUT2D eigenvalue weighted by Gasteiger charge is 2.19. The highest BCUT2D eigenvalue weighted by atomic mass is 16.5. The molecule has 0 atom stereocenters. The fraction of sp³-hybridized carbons (Fsp3) is 0.250. The molecule has 1 N–H and O–H groups in total. The normalized spacial score (nSPS) is 13.0. The van der Waals surface area contributed by atoms with Gasteiger partial charge in [0.2, 0.25) is 5.95 Å². The van der Waals surface area contributed by atoms with E-state index in [0.717, 1.165) is 36.6 Å². The van der Waals surface area contributed by atoms with Gasteiger partial charge in [-0.1, -0.05) is 18.2 Å². The lowest BCUT2D eigenvalue weighted by molar-refractivity contribution is 0.395. The molecule has 0 aliphatic carbocycles. The fourth-order valence-electron chi connectivity index (χ4n) is 3.27. The SMILES string of the molecule is COc1ccc(Nc2nncc(N3CCCc4ccccc43)n2)c(OC)c1. The summed E-state index contributed by atoms with van der Waals surface area (Å²) in [5.41, 5.74) is 3.25. The lowest BCUT2D eigenvalue weighted by atomic mass is 10.0. The Morgan fingerprint density at radius 3 is 2.81 bits per heavy atom. The first-order valence-corrected chi connectivity index (χ1v) is 8.82. The first-order valence-electron chi connectivity index (χ1n) is 8.82. The summed E-state index contributed by atoms with van der Waals surface area (Å²) in [7, 11) is 3.23. The molecule has 0 spiro atoms. The van der Waals surface area contributed by atoms with Crippen molar-refractivity contribution >= 4 is 23.1 Å². The van der Waals surface area contributed by atoms with Crippen molar-refractivity contribution in [2.45, 2.75) is 12.8 Å². The Balaban J connectivity index is 1.63. The van der Waals surface area contributed by atoms with Crippen LogP contribution in [-0.4, -0.2) is 35.9 Å². The predicted molar refractivity (Wildman–Crippen MR) is 104 cm³/mol. The van der Waals surface area contributed by atoms with Crippen LogP contribution in [0.15, 0.2) is 48.7 Å². The first kappa shape index (κ1) is 17.1. The molecule has 0 radical (unpaired) electrons. The van der Waals surface area contributed by atoms with E-state index < -0.39 is 0 Å². The zero-order chi connectivity index (χ0) is 18.6. The van der Waals surface area contributed by atoms with E-state index in [1.807, 2.05) is 18.2 Å². The van der Waals surface area contributed by atoms with E-state index in [4.69, 9.17) is 9.47 Å². The molecule has 27 heavy (non-hydrogen) atoms. The van der Waals surface area contributed by atoms with Crippen LogP contribution in [0.4, 0.5) is 23.1 Å². The van der Waals surface area contributed by atoms with Gasteiger partial charge in [0.15, 0.2) is 5.82 Å². The molecule has 0 saturated carbocycles. The van der Waals surface area contributed by atoms with E-state index in [1.165, 1.54) is 11.3 Å². The van der Waals surface area contributed by atoms with Crippen molar-refractivity contribution in [2.75, 3.05) is 31.0 Å². The lowest BCUT2D eigenvalue weighted by Gasteiger charge is -2.30. The maximum Gasteiger partial charge on any atom is 0.249 e. The third-order valence-electron chi connectivity index (χ3n) is 4.59. The van der Waals surface area contributed by atoms with Gasteiger partial charge in [-0.15, -0.1) is 5.10 Å². The molecule has 4 rings (SSSR count). The Labute approximate surface area is 158 Å². The van der Waals surface area contributed by atoms with Gasteiger partial charge in [0.25, 0.3) is 0 Å². The largest absolute Gasteiger partial charge is 0.497 e. The zero-order valence-corrected chi connectivity index (χ0v) is 15.3. The van der Waals surface area contributed by atoms with Gasteiger partial charge in [0.1, 0.15) is 11.5 Å². The van der Waals surface area contributed by atoms with Crippen molar-refractivity contribution in [3.63, 3.8) is 0 Å². The second kappa shape index (κ2) is 7.49. The quantitative estimate of drug-likeness (QED) is 0.741. The number of aryl methyl sites for hydroxylation is 1. The van der Waals surface area contributed by atoms with Crippen LogP contribution in [-0.2, 0) is 6.42 Å². The van der Waals surface area contributed by atoms with Crippen LogP contribution >= 0.6 is 0 Å². The minimum atomic E-state index is 0.416. The van der Waals surface area contributed by atoms with Gasteiger partial charge in [-0.05, 0) is 36.6 Å². The van der Waals surface area contributed by atoms with Gasteiger partial charge in [0, 0.05) is 18.3 Å². The van der Waals surface area contributed by atoms with Crippen LogP contribution in [0.5, 0.6) is 11.5 Å². The third-order valence-corrected chi connectivity index (χ3v) is 4.59. The summed E-state index contributed by atoms with van der Waals surface area (Å²) in [5.74, 6) is 2.55. The number of benzene rings is 2. The number of methoxy groups -OCH3 is 2. The minimum Gasteiger partial charge on any atom is -0.497 e. The molecule has 7 nitrogen and oxygen atoms in total. The number of fused-ring (bicyclic) bond motifs is 1. The molecule has 1 aromatic heterocycles. The topological polar surface area (TPSA) is 72.4 Å². The maximum absolute atomic E-state index is 5.42. The summed E-state index contributed by atoms with van der Waals surface area (Å²) in [6, 6.07) is 13.9. The number of rotatable bonds is 5. The highest BCUT2D eigenvalue weighted by molar-refractivity contribution is 5.67. The van der Waals surface area contributed by atoms with Gasteiger partial charge in [-0.25, -0.2) is 0 Å². The van der Waals surface area contributed by atoms with Crippen molar-refractivity contribution in [2.24, 2.45) is 0 Å². The standard InChI is InChI=1S/C20H21N5O2/c1-26-15-9-10-16(18(12-15)27-2)22-20-23-19(13-21-24-20)25-11-5-7-14-6-3-4-8-17(14)25/h3-4,6,8-10,12-13H,5,7,11H2,1-2H3,(H,22,23,24). The number of ether oxygens (including phenoxy) is 2. The molecule has 0 unspecified atom stereocenters. The minimum absolute atomic E-state index is 0.416. The summed E-state index contributed by atoms with van der Waals surface area (Å²) >= 11 is 0. The molecule has 3 aromatic rings. The van der Waals surface area contributed by atoms with E-state index in [1.54, 1.807) is 26.5 Å². The highest BCUT2D eigenvalue weighted by Crippen LogP contribution is 2.33. The zero-order valence-electron chi connectivity index (χ0n) is 15.3. The molecule has 2 heterocycles.